The summed E-state index contributed by atoms with van der Waals surface area (Å²) in [6, 6.07) is 4.50. The first-order valence-electron chi connectivity index (χ1n) is 5.64. The van der Waals surface area contributed by atoms with Crippen LogP contribution >= 0.6 is 0 Å². The van der Waals surface area contributed by atoms with Gasteiger partial charge in [-0.2, -0.15) is 0 Å². The molecule has 0 saturated heterocycles. The van der Waals surface area contributed by atoms with Gasteiger partial charge in [0.2, 0.25) is 0 Å². The van der Waals surface area contributed by atoms with Crippen LogP contribution in [0, 0.1) is 11.2 Å². The van der Waals surface area contributed by atoms with Gasteiger partial charge in [-0.25, -0.2) is 4.39 Å². The Morgan fingerprint density at radius 1 is 1.50 bits per heavy atom. The molecule has 0 aromatic heterocycles. The summed E-state index contributed by atoms with van der Waals surface area (Å²) in [7, 11) is 0. The minimum atomic E-state index is -0.309. The highest BCUT2D eigenvalue weighted by Crippen LogP contribution is 2.46. The Bertz CT molecular complexity index is 403. The molecule has 16 heavy (non-hydrogen) atoms. The van der Waals surface area contributed by atoms with Crippen molar-refractivity contribution in [1.29, 1.82) is 0 Å². The molecule has 1 saturated carbocycles. The quantitative estimate of drug-likeness (QED) is 0.825. The topological polar surface area (TPSA) is 32.3 Å². The normalized spacial score (nSPS) is 24.1. The molecular weight excluding hydrogens is 205 g/mol. The van der Waals surface area contributed by atoms with Crippen molar-refractivity contribution in [1.82, 2.24) is 5.32 Å². The molecule has 0 spiro atoms. The van der Waals surface area contributed by atoms with Crippen LogP contribution in [-0.2, 0) is 0 Å². The molecule has 1 aromatic carbocycles. The van der Waals surface area contributed by atoms with E-state index < -0.39 is 0 Å². The second kappa shape index (κ2) is 3.74. The molecule has 1 fully saturated rings. The zero-order chi connectivity index (χ0) is 11.9. The third-order valence-corrected chi connectivity index (χ3v) is 3.42. The molecule has 1 aliphatic rings. The lowest BCUT2D eigenvalue weighted by atomic mass is 10.1. The van der Waals surface area contributed by atoms with Gasteiger partial charge in [0, 0.05) is 17.6 Å². The van der Waals surface area contributed by atoms with Gasteiger partial charge in [-0.3, -0.25) is 0 Å². The van der Waals surface area contributed by atoms with Crippen LogP contribution in [0.25, 0.3) is 0 Å². The van der Waals surface area contributed by atoms with Crippen LogP contribution in [0.5, 0.6) is 5.75 Å². The largest absolute Gasteiger partial charge is 0.508 e. The second-order valence-corrected chi connectivity index (χ2v) is 5.34. The van der Waals surface area contributed by atoms with E-state index in [0.29, 0.717) is 17.0 Å². The number of halogens is 1. The molecule has 2 rings (SSSR count). The summed E-state index contributed by atoms with van der Waals surface area (Å²) in [6.45, 7) is 6.34. The van der Waals surface area contributed by atoms with Gasteiger partial charge in [0.25, 0.3) is 0 Å². The molecule has 0 heterocycles. The summed E-state index contributed by atoms with van der Waals surface area (Å²) >= 11 is 0. The van der Waals surface area contributed by atoms with E-state index in [9.17, 15) is 9.50 Å². The van der Waals surface area contributed by atoms with Crippen molar-refractivity contribution >= 4 is 0 Å². The van der Waals surface area contributed by atoms with E-state index in [-0.39, 0.29) is 17.6 Å². The third kappa shape index (κ3) is 2.19. The highest BCUT2D eigenvalue weighted by molar-refractivity contribution is 5.35. The van der Waals surface area contributed by atoms with Gasteiger partial charge >= 0.3 is 0 Å². The monoisotopic (exact) mass is 223 g/mol. The van der Waals surface area contributed by atoms with Crippen LogP contribution in [0.4, 0.5) is 4.39 Å². The lowest BCUT2D eigenvalue weighted by Crippen LogP contribution is -2.24. The molecule has 2 unspecified atom stereocenters. The molecule has 0 bridgehead atoms. The summed E-state index contributed by atoms with van der Waals surface area (Å²) in [4.78, 5) is 0. The maximum absolute atomic E-state index is 13.1. The molecule has 88 valence electrons. The Hall–Kier alpha value is -1.09. The first kappa shape index (κ1) is 11.4. The Kier molecular flexibility index (Phi) is 2.66. The molecule has 2 nitrogen and oxygen atoms in total. The zero-order valence-electron chi connectivity index (χ0n) is 9.92. The highest BCUT2D eigenvalue weighted by Gasteiger charge is 2.46. The van der Waals surface area contributed by atoms with Crippen molar-refractivity contribution in [3.8, 4) is 5.75 Å². The van der Waals surface area contributed by atoms with Gasteiger partial charge in [0.05, 0.1) is 0 Å². The van der Waals surface area contributed by atoms with Gasteiger partial charge in [0.1, 0.15) is 11.6 Å². The van der Waals surface area contributed by atoms with Gasteiger partial charge in [-0.1, -0.05) is 13.8 Å². The van der Waals surface area contributed by atoms with E-state index in [0.717, 1.165) is 6.42 Å². The number of phenolic OH excluding ortho intramolecular Hbond substituents is 1. The molecule has 0 aliphatic heterocycles. The van der Waals surface area contributed by atoms with Crippen molar-refractivity contribution in [2.24, 2.45) is 5.41 Å². The van der Waals surface area contributed by atoms with Gasteiger partial charge < -0.3 is 10.4 Å². The summed E-state index contributed by atoms with van der Waals surface area (Å²) < 4.78 is 13.1. The highest BCUT2D eigenvalue weighted by atomic mass is 19.1. The number of hydrogen-bond donors (Lipinski definition) is 2. The van der Waals surface area contributed by atoms with E-state index in [1.54, 1.807) is 0 Å². The van der Waals surface area contributed by atoms with Crippen LogP contribution < -0.4 is 5.32 Å². The van der Waals surface area contributed by atoms with Crippen LogP contribution in [0.15, 0.2) is 18.2 Å². The smallest absolute Gasteiger partial charge is 0.123 e. The molecule has 1 aliphatic carbocycles. The minimum absolute atomic E-state index is 0.0255. The molecule has 3 heteroatoms. The van der Waals surface area contributed by atoms with Crippen molar-refractivity contribution < 1.29 is 9.50 Å². The second-order valence-electron chi connectivity index (χ2n) is 5.34. The van der Waals surface area contributed by atoms with Crippen molar-refractivity contribution in [3.05, 3.63) is 29.6 Å². The third-order valence-electron chi connectivity index (χ3n) is 3.42. The fraction of sp³-hybridized carbons (Fsp3) is 0.538. The number of nitrogens with one attached hydrogen (secondary N) is 1. The van der Waals surface area contributed by atoms with E-state index in [4.69, 9.17) is 0 Å². The number of benzene rings is 1. The molecule has 0 radical (unpaired) electrons. The Labute approximate surface area is 95.5 Å². The fourth-order valence-electron chi connectivity index (χ4n) is 2.02. The Balaban J connectivity index is 2.09. The maximum Gasteiger partial charge on any atom is 0.123 e. The first-order valence-corrected chi connectivity index (χ1v) is 5.64. The van der Waals surface area contributed by atoms with Crippen molar-refractivity contribution in [3.63, 3.8) is 0 Å². The Morgan fingerprint density at radius 3 is 2.69 bits per heavy atom. The average Bonchev–Trinajstić information content (AvgIpc) is 2.77. The van der Waals surface area contributed by atoms with Crippen molar-refractivity contribution in [2.75, 3.05) is 0 Å². The molecule has 0 amide bonds. The predicted octanol–water partition coefficient (Wildman–Crippen LogP) is 2.98. The SMILES string of the molecule is CC(NC1CC1(C)C)c1cc(F)ccc1O. The standard InChI is InChI=1S/C13H18FNO/c1-8(15-12-7-13(12,2)3)10-6-9(14)4-5-11(10)16/h4-6,8,12,15-16H,7H2,1-3H3. The van der Waals surface area contributed by atoms with E-state index in [2.05, 4.69) is 19.2 Å². The first-order chi connectivity index (χ1) is 7.40. The van der Waals surface area contributed by atoms with Gasteiger partial charge in [-0.05, 0) is 37.0 Å². The molecule has 1 aromatic rings. The molecule has 2 atom stereocenters. The van der Waals surface area contributed by atoms with Crippen LogP contribution in [0.1, 0.15) is 38.8 Å². The lowest BCUT2D eigenvalue weighted by Gasteiger charge is -2.16. The van der Waals surface area contributed by atoms with Crippen LogP contribution in [-0.4, -0.2) is 11.1 Å². The summed E-state index contributed by atoms with van der Waals surface area (Å²) in [5.74, 6) is -0.156. The number of rotatable bonds is 3. The van der Waals surface area contributed by atoms with Crippen LogP contribution in [0.2, 0.25) is 0 Å². The number of hydrogen-bond acceptors (Lipinski definition) is 2. The molecule has 2 N–H and O–H groups in total. The van der Waals surface area contributed by atoms with E-state index in [1.165, 1.54) is 18.2 Å². The zero-order valence-corrected chi connectivity index (χ0v) is 9.92. The number of aromatic hydroxyl groups is 1. The van der Waals surface area contributed by atoms with Crippen molar-refractivity contribution in [2.45, 2.75) is 39.3 Å². The number of phenols is 1. The summed E-state index contributed by atoms with van der Waals surface area (Å²) in [6.07, 6.45) is 1.13. The van der Waals surface area contributed by atoms with Gasteiger partial charge in [0.15, 0.2) is 0 Å². The van der Waals surface area contributed by atoms with Gasteiger partial charge in [-0.15, -0.1) is 0 Å². The average molecular weight is 223 g/mol. The van der Waals surface area contributed by atoms with E-state index >= 15 is 0 Å². The Morgan fingerprint density at radius 2 is 2.12 bits per heavy atom. The summed E-state index contributed by atoms with van der Waals surface area (Å²) in [5, 5.41) is 13.1. The lowest BCUT2D eigenvalue weighted by molar-refractivity contribution is 0.438. The summed E-state index contributed by atoms with van der Waals surface area (Å²) in [5.41, 5.74) is 0.958. The predicted molar refractivity (Wildman–Crippen MR) is 61.8 cm³/mol. The van der Waals surface area contributed by atoms with Crippen LogP contribution in [0.3, 0.4) is 0 Å². The minimum Gasteiger partial charge on any atom is -0.508 e. The maximum atomic E-state index is 13.1. The molecular formula is C13H18FNO. The van der Waals surface area contributed by atoms with E-state index in [1.807, 2.05) is 6.92 Å². The fourth-order valence-corrected chi connectivity index (χ4v) is 2.02.